The third-order valence-electron chi connectivity index (χ3n) is 13.7. The predicted molar refractivity (Wildman–Crippen MR) is 265 cm³/mol. The third-order valence-corrected chi connectivity index (χ3v) is 14.3. The van der Waals surface area contributed by atoms with Gasteiger partial charge in [-0.2, -0.15) is 0 Å². The second-order valence-corrected chi connectivity index (χ2v) is 25.1. The highest BCUT2D eigenvalue weighted by molar-refractivity contribution is 6.68. The fraction of sp³-hybridized carbons (Fsp3) is 0.571. The molecule has 6 rings (SSSR count). The molecule has 25 heteroatoms. The van der Waals surface area contributed by atoms with Crippen LogP contribution >= 0.6 is 69.6 Å². The number of ketones is 1. The van der Waals surface area contributed by atoms with Crippen molar-refractivity contribution >= 4 is 112 Å². The first-order chi connectivity index (χ1) is 34.1. The van der Waals surface area contributed by atoms with Crippen molar-refractivity contribution in [2.75, 3.05) is 19.8 Å². The van der Waals surface area contributed by atoms with Gasteiger partial charge in [0, 0.05) is 25.2 Å². The molecule has 74 heavy (non-hydrogen) atoms. The zero-order valence-corrected chi connectivity index (χ0v) is 45.7. The molecule has 11 unspecified atom stereocenters. The molecule has 1 saturated heterocycles. The summed E-state index contributed by atoms with van der Waals surface area (Å²) in [6.07, 6.45) is -16.6. The molecule has 1 heterocycles. The van der Waals surface area contributed by atoms with Crippen LogP contribution < -0.4 is 5.32 Å². The van der Waals surface area contributed by atoms with E-state index in [1.807, 2.05) is 0 Å². The van der Waals surface area contributed by atoms with Crippen molar-refractivity contribution in [1.29, 1.82) is 0 Å². The monoisotopic (exact) mass is 1160 g/mol. The van der Waals surface area contributed by atoms with E-state index in [1.54, 1.807) is 45.0 Å². The van der Waals surface area contributed by atoms with Gasteiger partial charge in [0.05, 0.1) is 29.5 Å². The Morgan fingerprint density at radius 3 is 1.89 bits per heavy atom. The van der Waals surface area contributed by atoms with E-state index >= 15 is 4.79 Å². The Morgan fingerprint density at radius 1 is 0.824 bits per heavy atom. The second kappa shape index (κ2) is 22.0. The SMILES string of the molecule is CC(=O)OC12COC1CC(OC(=O)OCC(Cl)(Cl)Cl)C1(C)C(=O)C(OC(=O)OCC(Cl)(Cl)Cl)C3=C(C)C(OC(=O)C(O)C(NC(=O)OC(C)(C)C)c4ccccc4)CC(O)(C(OC(=O)c4ccccc4)C21)C3(C)C. The van der Waals surface area contributed by atoms with E-state index in [2.05, 4.69) is 5.32 Å². The third kappa shape index (κ3) is 12.4. The van der Waals surface area contributed by atoms with Gasteiger partial charge in [-0.25, -0.2) is 24.0 Å². The van der Waals surface area contributed by atoms with Gasteiger partial charge in [0.2, 0.25) is 7.59 Å². The number of Topliss-reactive ketones (excluding diaryl/α,β-unsaturated/α-hetero) is 1. The number of nitrogens with one attached hydrogen (secondary N) is 1. The van der Waals surface area contributed by atoms with Crippen LogP contribution in [-0.4, -0.2) is 133 Å². The number of aliphatic hydroxyl groups is 2. The lowest BCUT2D eigenvalue weighted by Gasteiger charge is -2.67. The van der Waals surface area contributed by atoms with Crippen LogP contribution in [0.5, 0.6) is 0 Å². The molecule has 0 aromatic heterocycles. The lowest BCUT2D eigenvalue weighted by molar-refractivity contribution is -0.346. The molecule has 0 radical (unpaired) electrons. The molecular formula is C49H55Cl6NO18. The largest absolute Gasteiger partial charge is 0.509 e. The fourth-order valence-electron chi connectivity index (χ4n) is 10.3. The molecule has 3 aliphatic carbocycles. The van der Waals surface area contributed by atoms with Crippen LogP contribution in [-0.2, 0) is 57.0 Å². The smallest absolute Gasteiger partial charge is 0.456 e. The summed E-state index contributed by atoms with van der Waals surface area (Å²) in [6, 6.07) is 13.8. The number of rotatable bonds is 12. The number of alkyl carbamates (subject to hydrolysis) is 1. The Hall–Kier alpha value is -4.31. The molecule has 2 aromatic carbocycles. The van der Waals surface area contributed by atoms with Gasteiger partial charge in [-0.1, -0.05) is 132 Å². The molecule has 11 atom stereocenters. The number of alkyl halides is 6. The fourth-order valence-corrected chi connectivity index (χ4v) is 10.7. The van der Waals surface area contributed by atoms with Crippen LogP contribution in [0.15, 0.2) is 71.8 Å². The Labute approximate surface area is 455 Å². The van der Waals surface area contributed by atoms with Crippen molar-refractivity contribution < 1.29 is 86.4 Å². The van der Waals surface area contributed by atoms with Crippen LogP contribution in [0, 0.1) is 16.7 Å². The molecule has 19 nitrogen and oxygen atoms in total. The highest BCUT2D eigenvalue weighted by atomic mass is 35.6. The van der Waals surface area contributed by atoms with E-state index in [0.717, 1.165) is 6.92 Å². The maximum atomic E-state index is 16.3. The molecule has 2 saturated carbocycles. The minimum absolute atomic E-state index is 0.0470. The number of ether oxygens (including phenoxy) is 9. The molecule has 1 aliphatic heterocycles. The number of amides is 1. The van der Waals surface area contributed by atoms with Crippen LogP contribution in [0.3, 0.4) is 0 Å². The minimum atomic E-state index is -2.66. The van der Waals surface area contributed by atoms with E-state index in [-0.39, 0.29) is 22.3 Å². The van der Waals surface area contributed by atoms with Gasteiger partial charge in [0.25, 0.3) is 0 Å². The van der Waals surface area contributed by atoms with E-state index in [4.69, 9.17) is 112 Å². The second-order valence-electron chi connectivity index (χ2n) is 20.1. The zero-order chi connectivity index (χ0) is 55.1. The van der Waals surface area contributed by atoms with E-state index in [0.29, 0.717) is 0 Å². The van der Waals surface area contributed by atoms with Crippen molar-refractivity contribution in [3.8, 4) is 0 Å². The number of carbonyl (C=O) groups excluding carboxylic acids is 7. The van der Waals surface area contributed by atoms with Gasteiger partial charge in [0.15, 0.2) is 23.6 Å². The summed E-state index contributed by atoms with van der Waals surface area (Å²) in [5.74, 6) is -6.38. The Kier molecular flexibility index (Phi) is 17.5. The van der Waals surface area contributed by atoms with E-state index < -0.39 is 159 Å². The summed E-state index contributed by atoms with van der Waals surface area (Å²) >= 11 is 35.4. The first-order valence-electron chi connectivity index (χ1n) is 22.9. The quantitative estimate of drug-likeness (QED) is 0.0781. The molecule has 406 valence electrons. The lowest BCUT2D eigenvalue weighted by Crippen LogP contribution is -2.82. The van der Waals surface area contributed by atoms with Crippen LogP contribution in [0.4, 0.5) is 14.4 Å². The van der Waals surface area contributed by atoms with Gasteiger partial charge in [-0.05, 0) is 63.5 Å². The maximum Gasteiger partial charge on any atom is 0.509 e. The minimum Gasteiger partial charge on any atom is -0.456 e. The summed E-state index contributed by atoms with van der Waals surface area (Å²) < 4.78 is 47.9. The molecule has 4 aliphatic rings. The van der Waals surface area contributed by atoms with Gasteiger partial charge < -0.3 is 58.2 Å². The highest BCUT2D eigenvalue weighted by Gasteiger charge is 2.79. The molecule has 2 aromatic rings. The number of aliphatic hydroxyl groups excluding tert-OH is 1. The number of hydrogen-bond donors (Lipinski definition) is 3. The van der Waals surface area contributed by atoms with Gasteiger partial charge in [-0.15, -0.1) is 0 Å². The van der Waals surface area contributed by atoms with Crippen LogP contribution in [0.2, 0.25) is 0 Å². The molecule has 3 fully saturated rings. The van der Waals surface area contributed by atoms with Crippen molar-refractivity contribution in [3.63, 3.8) is 0 Å². The Morgan fingerprint density at radius 2 is 1.38 bits per heavy atom. The van der Waals surface area contributed by atoms with Crippen molar-refractivity contribution in [1.82, 2.24) is 5.32 Å². The molecule has 3 N–H and O–H groups in total. The number of benzene rings is 2. The summed E-state index contributed by atoms with van der Waals surface area (Å²) in [5, 5.41) is 28.4. The first kappa shape index (κ1) is 58.9. The summed E-state index contributed by atoms with van der Waals surface area (Å²) in [6.45, 7) is 9.11. The lowest BCUT2D eigenvalue weighted by atomic mass is 9.44. The number of carbonyl (C=O) groups is 7. The van der Waals surface area contributed by atoms with E-state index in [1.165, 1.54) is 64.1 Å². The Bertz CT molecular complexity index is 2510. The number of fused-ring (bicyclic) bond motifs is 5. The standard InChI is InChI=1S/C49H55Cl6NO18/c1-24-28(69-39(61)33(58)32(26-15-11-9-12-16-26)56-40(62)74-43(3,4)5)20-47(65)37(72-38(60)27-17-13-10-14-18-27)35-45(8,36(59)34(31(24)44(47,6)7)71-42(64)68-23-49(53,54)55)29(70-41(63)67-22-48(50,51)52)19-30-46(35,21-66-30)73-25(2)57/h9-18,28-30,32-35,37,58,65H,19-23H2,1-8H3,(H,56,62). The molecule has 2 bridgehead atoms. The van der Waals surface area contributed by atoms with E-state index in [9.17, 15) is 39.0 Å². The number of halogens is 6. The average Bonchev–Trinajstić information content (AvgIpc) is 3.29. The summed E-state index contributed by atoms with van der Waals surface area (Å²) in [4.78, 5) is 99.4. The maximum absolute atomic E-state index is 16.3. The first-order valence-corrected chi connectivity index (χ1v) is 25.2. The van der Waals surface area contributed by atoms with Crippen molar-refractivity contribution in [3.05, 3.63) is 82.9 Å². The van der Waals surface area contributed by atoms with Crippen molar-refractivity contribution in [2.45, 2.75) is 135 Å². The topological polar surface area (TPSA) is 255 Å². The normalized spacial score (nSPS) is 29.2. The summed E-state index contributed by atoms with van der Waals surface area (Å²) in [5.41, 5.74) is -10.2. The number of esters is 3. The van der Waals surface area contributed by atoms with Crippen molar-refractivity contribution in [2.24, 2.45) is 16.7 Å². The zero-order valence-electron chi connectivity index (χ0n) is 41.1. The molecular weight excluding hydrogens is 1100 g/mol. The highest BCUT2D eigenvalue weighted by Crippen LogP contribution is 2.65. The predicted octanol–water partition coefficient (Wildman–Crippen LogP) is 8.32. The van der Waals surface area contributed by atoms with Gasteiger partial charge in [0.1, 0.15) is 48.8 Å². The average molecular weight is 1160 g/mol. The van der Waals surface area contributed by atoms with Crippen LogP contribution in [0.1, 0.15) is 90.2 Å². The number of hydrogen-bond acceptors (Lipinski definition) is 18. The van der Waals surface area contributed by atoms with Gasteiger partial charge in [-0.3, -0.25) is 9.59 Å². The van der Waals surface area contributed by atoms with Gasteiger partial charge >= 0.3 is 36.3 Å². The molecule has 1 amide bonds. The van der Waals surface area contributed by atoms with Crippen LogP contribution in [0.25, 0.3) is 0 Å². The molecule has 0 spiro atoms. The Balaban J connectivity index is 1.61. The summed E-state index contributed by atoms with van der Waals surface area (Å²) in [7, 11) is 0.